The van der Waals surface area contributed by atoms with E-state index in [4.69, 9.17) is 0 Å². The Morgan fingerprint density at radius 2 is 0.537 bits per heavy atom. The average Bonchev–Trinajstić information content (AvgIpc) is 4.08. The number of benzene rings is 12. The topological polar surface area (TPSA) is 0 Å². The highest BCUT2D eigenvalue weighted by Gasteiger charge is 2.22. The van der Waals surface area contributed by atoms with Crippen molar-refractivity contribution in [2.45, 2.75) is 0 Å². The van der Waals surface area contributed by atoms with Gasteiger partial charge in [0.25, 0.3) is 0 Å². The van der Waals surface area contributed by atoms with Crippen LogP contribution in [0.2, 0.25) is 0 Å². The number of hydrogen-bond donors (Lipinski definition) is 0. The Morgan fingerprint density at radius 1 is 0.194 bits per heavy atom. The third kappa shape index (κ3) is 5.45. The van der Waals surface area contributed by atoms with Gasteiger partial charge in [0.15, 0.2) is 0 Å². The summed E-state index contributed by atoms with van der Waals surface area (Å²) in [5.41, 5.74) is 10.3. The Morgan fingerprint density at radius 3 is 1.00 bits per heavy atom. The van der Waals surface area contributed by atoms with Crippen molar-refractivity contribution in [2.24, 2.45) is 0 Å². The zero-order chi connectivity index (χ0) is 43.7. The molecular weight excluding hydrogens is 865 g/mol. The molecule has 0 aliphatic rings. The van der Waals surface area contributed by atoms with Gasteiger partial charge >= 0.3 is 0 Å². The maximum atomic E-state index is 2.46. The highest BCUT2D eigenvalue weighted by molar-refractivity contribution is 7.26. The van der Waals surface area contributed by atoms with Gasteiger partial charge in [-0.1, -0.05) is 176 Å². The van der Waals surface area contributed by atoms with Crippen LogP contribution in [0.3, 0.4) is 0 Å². The van der Waals surface area contributed by atoms with Crippen molar-refractivity contribution in [1.82, 2.24) is 0 Å². The normalized spacial score (nSPS) is 12.2. The molecule has 0 saturated heterocycles. The molecule has 0 saturated carbocycles. The maximum Gasteiger partial charge on any atom is 0.0361 e. The van der Waals surface area contributed by atoms with Gasteiger partial charge in [0.2, 0.25) is 0 Å². The summed E-state index contributed by atoms with van der Waals surface area (Å²) in [6, 6.07) is 82.1. The second kappa shape index (κ2) is 14.4. The molecule has 15 rings (SSSR count). The molecule has 67 heavy (non-hydrogen) atoms. The smallest absolute Gasteiger partial charge is 0.0361 e. The Bertz CT molecular complexity index is 4460. The van der Waals surface area contributed by atoms with Gasteiger partial charge in [0.1, 0.15) is 0 Å². The Labute approximate surface area is 397 Å². The van der Waals surface area contributed by atoms with Crippen LogP contribution >= 0.6 is 34.0 Å². The number of hydrogen-bond acceptors (Lipinski definition) is 3. The fraction of sp³-hybridized carbons (Fsp3) is 0. The van der Waals surface area contributed by atoms with Crippen molar-refractivity contribution in [3.05, 3.63) is 218 Å². The zero-order valence-electron chi connectivity index (χ0n) is 36.0. The summed E-state index contributed by atoms with van der Waals surface area (Å²) in [7, 11) is 0. The lowest BCUT2D eigenvalue weighted by atomic mass is 9.84. The van der Waals surface area contributed by atoms with E-state index in [0.717, 1.165) is 0 Å². The molecule has 0 bridgehead atoms. The van der Waals surface area contributed by atoms with E-state index in [2.05, 4.69) is 218 Å². The van der Waals surface area contributed by atoms with Crippen molar-refractivity contribution in [2.75, 3.05) is 0 Å². The van der Waals surface area contributed by atoms with Crippen LogP contribution in [0, 0.1) is 0 Å². The summed E-state index contributed by atoms with van der Waals surface area (Å²) in [6.45, 7) is 0. The molecule has 15 aromatic rings. The molecule has 0 unspecified atom stereocenters. The molecule has 0 aliphatic heterocycles. The fourth-order valence-corrected chi connectivity index (χ4v) is 14.9. The highest BCUT2D eigenvalue weighted by atomic mass is 32.1. The van der Waals surface area contributed by atoms with Crippen molar-refractivity contribution in [3.8, 4) is 44.5 Å². The molecule has 0 atom stereocenters. The highest BCUT2D eigenvalue weighted by Crippen LogP contribution is 2.51. The quantitative estimate of drug-likeness (QED) is 0.154. The molecule has 0 spiro atoms. The zero-order valence-corrected chi connectivity index (χ0v) is 38.5. The van der Waals surface area contributed by atoms with Crippen LogP contribution < -0.4 is 0 Å². The Balaban J connectivity index is 0.925. The summed E-state index contributed by atoms with van der Waals surface area (Å²) in [5.74, 6) is 0. The van der Waals surface area contributed by atoms with Crippen LogP contribution in [-0.2, 0) is 0 Å². The van der Waals surface area contributed by atoms with Crippen molar-refractivity contribution < 1.29 is 0 Å². The van der Waals surface area contributed by atoms with Gasteiger partial charge in [-0.25, -0.2) is 0 Å². The number of thiophene rings is 3. The van der Waals surface area contributed by atoms with Gasteiger partial charge < -0.3 is 0 Å². The SMILES string of the molecule is c1ccc2c(c1)sc1cccc(-c3c4ccccc4c(-c4ccc5c(c4)sc4ccc(-c6c7ccccc7c(-c7cccc8sc9ccccc9c78)c7ccccc67)cc45)c4ccccc34)c12. The predicted molar refractivity (Wildman–Crippen MR) is 297 cm³/mol. The van der Waals surface area contributed by atoms with Gasteiger partial charge in [-0.05, 0) is 130 Å². The summed E-state index contributed by atoms with van der Waals surface area (Å²) >= 11 is 5.67. The molecule has 3 heterocycles. The van der Waals surface area contributed by atoms with E-state index in [-0.39, 0.29) is 0 Å². The monoisotopic (exact) mass is 900 g/mol. The molecule has 0 N–H and O–H groups in total. The summed E-state index contributed by atoms with van der Waals surface area (Å²) in [4.78, 5) is 0. The molecular formula is C64H36S3. The first-order valence-corrected chi connectivity index (χ1v) is 25.4. The van der Waals surface area contributed by atoms with Gasteiger partial charge in [-0.2, -0.15) is 0 Å². The first-order chi connectivity index (χ1) is 33.2. The molecule has 3 aromatic heterocycles. The van der Waals surface area contributed by atoms with E-state index in [1.807, 2.05) is 34.0 Å². The first kappa shape index (κ1) is 37.5. The van der Waals surface area contributed by atoms with E-state index in [9.17, 15) is 0 Å². The van der Waals surface area contributed by atoms with E-state index < -0.39 is 0 Å². The van der Waals surface area contributed by atoms with Crippen LogP contribution in [0.4, 0.5) is 0 Å². The van der Waals surface area contributed by atoms with Crippen LogP contribution in [0.1, 0.15) is 0 Å². The molecule has 0 amide bonds. The van der Waals surface area contributed by atoms with Gasteiger partial charge in [0.05, 0.1) is 0 Å². The van der Waals surface area contributed by atoms with Crippen molar-refractivity contribution >= 4 is 138 Å². The standard InChI is InChI=1S/C64H36S3/c1-5-19-44-40(15-1)59(41-16-2-6-20-45(41)61(44)50-25-13-29-56-63(50)48-23-9-11-27-53(48)65-56)37-32-34-55-52(35-37)39-33-31-38(36-58(39)67-55)60-42-17-3-7-21-46(42)62(47-22-8-4-18-43(47)60)51-26-14-30-57-64(51)49-24-10-12-28-54(49)66-57/h1-36H. The third-order valence-corrected chi connectivity index (χ3v) is 17.7. The van der Waals surface area contributed by atoms with Crippen LogP contribution in [0.25, 0.3) is 148 Å². The van der Waals surface area contributed by atoms with Crippen LogP contribution in [0.15, 0.2) is 218 Å². The largest absolute Gasteiger partial charge is 0.135 e. The van der Waals surface area contributed by atoms with Gasteiger partial charge in [0, 0.05) is 60.5 Å². The summed E-state index contributed by atoms with van der Waals surface area (Å²) in [6.07, 6.45) is 0. The van der Waals surface area contributed by atoms with Crippen molar-refractivity contribution in [1.29, 1.82) is 0 Å². The third-order valence-electron chi connectivity index (χ3n) is 14.3. The predicted octanol–water partition coefficient (Wildman–Crippen LogP) is 20.1. The van der Waals surface area contributed by atoms with E-state index in [1.165, 1.54) is 148 Å². The van der Waals surface area contributed by atoms with Gasteiger partial charge in [-0.15, -0.1) is 34.0 Å². The molecule has 0 radical (unpaired) electrons. The molecule has 12 aromatic carbocycles. The van der Waals surface area contributed by atoms with Gasteiger partial charge in [-0.3, -0.25) is 0 Å². The van der Waals surface area contributed by atoms with Crippen LogP contribution in [-0.4, -0.2) is 0 Å². The maximum absolute atomic E-state index is 2.46. The summed E-state index contributed by atoms with van der Waals surface area (Å²) < 4.78 is 7.92. The van der Waals surface area contributed by atoms with Crippen LogP contribution in [0.5, 0.6) is 0 Å². The number of rotatable bonds is 4. The minimum atomic E-state index is 1.25. The minimum Gasteiger partial charge on any atom is -0.135 e. The summed E-state index contributed by atoms with van der Waals surface area (Å²) in [5, 5.41) is 18.2. The molecule has 0 aliphatic carbocycles. The van der Waals surface area contributed by atoms with E-state index >= 15 is 0 Å². The number of fused-ring (bicyclic) bond motifs is 13. The van der Waals surface area contributed by atoms with Crippen molar-refractivity contribution in [3.63, 3.8) is 0 Å². The lowest BCUT2D eigenvalue weighted by Gasteiger charge is -2.18. The lowest BCUT2D eigenvalue weighted by molar-refractivity contribution is 1.70. The van der Waals surface area contributed by atoms with E-state index in [0.29, 0.717) is 0 Å². The molecule has 0 fully saturated rings. The minimum absolute atomic E-state index is 1.25. The van der Waals surface area contributed by atoms with E-state index in [1.54, 1.807) is 0 Å². The lowest BCUT2D eigenvalue weighted by Crippen LogP contribution is -1.91. The fourth-order valence-electron chi connectivity index (χ4n) is 11.5. The second-order valence-corrected chi connectivity index (χ2v) is 21.0. The second-order valence-electron chi connectivity index (χ2n) is 17.8. The molecule has 310 valence electrons. The molecule has 0 nitrogen and oxygen atoms in total. The Hall–Kier alpha value is -7.66. The molecule has 3 heteroatoms. The first-order valence-electron chi connectivity index (χ1n) is 22.9. The Kier molecular flexibility index (Phi) is 8.08. The average molecular weight is 901 g/mol.